The first kappa shape index (κ1) is 8.17. The predicted molar refractivity (Wildman–Crippen MR) is 40.2 cm³/mol. The van der Waals surface area contributed by atoms with Gasteiger partial charge in [-0.2, -0.15) is 0 Å². The van der Waals surface area contributed by atoms with Crippen molar-refractivity contribution in [2.75, 3.05) is 6.61 Å². The van der Waals surface area contributed by atoms with E-state index in [-0.39, 0.29) is 12.6 Å². The van der Waals surface area contributed by atoms with E-state index in [2.05, 4.69) is 17.9 Å². The van der Waals surface area contributed by atoms with Crippen LogP contribution in [0.3, 0.4) is 0 Å². The number of carbonyl (C=O) groups is 1. The fourth-order valence-corrected chi connectivity index (χ4v) is 0.402. The Kier molecular flexibility index (Phi) is 3.71. The molecular weight excluding hydrogens is 132 g/mol. The molecule has 0 N–H and O–H groups in total. The number of carbonyl (C=O) groups excluding carboxylic acids is 1. The smallest absolute Gasteiger partial charge is 0.328 e. The molecule has 0 spiro atoms. The molecule has 0 rings (SSSR count). The number of hydrogen-bond donors (Lipinski definition) is 0. The SMILES string of the molecule is C=CCOC(=O)C(=C)[SiH3]. The lowest BCUT2D eigenvalue weighted by molar-refractivity contribution is -0.137. The first-order valence-electron chi connectivity index (χ1n) is 2.62. The van der Waals surface area contributed by atoms with Crippen LogP contribution in [0, 0.1) is 0 Å². The van der Waals surface area contributed by atoms with Gasteiger partial charge < -0.3 is 4.74 Å². The van der Waals surface area contributed by atoms with E-state index in [4.69, 9.17) is 0 Å². The fraction of sp³-hybridized carbons (Fsp3) is 0.167. The van der Waals surface area contributed by atoms with Gasteiger partial charge in [-0.1, -0.05) is 19.2 Å². The van der Waals surface area contributed by atoms with Crippen LogP contribution in [0.15, 0.2) is 24.4 Å². The summed E-state index contributed by atoms with van der Waals surface area (Å²) in [6.45, 7) is 7.14. The molecule has 0 saturated carbocycles. The Bertz CT molecular complexity index is 140. The van der Waals surface area contributed by atoms with Crippen LogP contribution in [-0.4, -0.2) is 22.8 Å². The van der Waals surface area contributed by atoms with Crippen LogP contribution in [0.5, 0.6) is 0 Å². The van der Waals surface area contributed by atoms with Crippen molar-refractivity contribution in [1.29, 1.82) is 0 Å². The lowest BCUT2D eigenvalue weighted by atomic mass is 10.6. The van der Waals surface area contributed by atoms with Gasteiger partial charge in [-0.3, -0.25) is 0 Å². The molecule has 0 aliphatic heterocycles. The van der Waals surface area contributed by atoms with Crippen molar-refractivity contribution >= 4 is 16.2 Å². The first-order chi connectivity index (χ1) is 4.18. The van der Waals surface area contributed by atoms with E-state index in [1.165, 1.54) is 6.08 Å². The van der Waals surface area contributed by atoms with Crippen LogP contribution in [0.25, 0.3) is 0 Å². The standard InChI is InChI=1S/C6H10O2Si/c1-3-4-8-6(7)5(2)9/h3H,1-2,4H2,9H3. The molecule has 0 saturated heterocycles. The minimum absolute atomic E-state index is 0.278. The highest BCUT2D eigenvalue weighted by molar-refractivity contribution is 6.34. The second kappa shape index (κ2) is 4.09. The Morgan fingerprint density at radius 2 is 2.33 bits per heavy atom. The Morgan fingerprint density at radius 1 is 1.78 bits per heavy atom. The highest BCUT2D eigenvalue weighted by atomic mass is 28.1. The number of rotatable bonds is 3. The molecule has 0 aliphatic rings. The molecule has 0 heterocycles. The number of ether oxygens (including phenoxy) is 1. The van der Waals surface area contributed by atoms with E-state index < -0.39 is 0 Å². The van der Waals surface area contributed by atoms with E-state index >= 15 is 0 Å². The van der Waals surface area contributed by atoms with Crippen LogP contribution in [0.4, 0.5) is 0 Å². The highest BCUT2D eigenvalue weighted by Crippen LogP contribution is 1.86. The molecule has 0 radical (unpaired) electrons. The minimum atomic E-state index is -0.304. The quantitative estimate of drug-likeness (QED) is 0.232. The lowest BCUT2D eigenvalue weighted by Crippen LogP contribution is -2.06. The lowest BCUT2D eigenvalue weighted by Gasteiger charge is -1.97. The predicted octanol–water partition coefficient (Wildman–Crippen LogP) is -0.405. The van der Waals surface area contributed by atoms with Gasteiger partial charge in [-0.15, -0.1) is 0 Å². The van der Waals surface area contributed by atoms with Gasteiger partial charge in [0.05, 0.1) is 0 Å². The second-order valence-corrected chi connectivity index (χ2v) is 2.87. The fourth-order valence-electron chi connectivity index (χ4n) is 0.258. The summed E-state index contributed by atoms with van der Waals surface area (Å²) in [6.07, 6.45) is 1.53. The van der Waals surface area contributed by atoms with Crippen molar-refractivity contribution in [2.45, 2.75) is 0 Å². The summed E-state index contributed by atoms with van der Waals surface area (Å²) in [5.74, 6) is -0.304. The minimum Gasteiger partial charge on any atom is -0.458 e. The second-order valence-electron chi connectivity index (χ2n) is 1.67. The van der Waals surface area contributed by atoms with Crippen LogP contribution in [0.1, 0.15) is 0 Å². The van der Waals surface area contributed by atoms with Gasteiger partial charge in [0.1, 0.15) is 6.61 Å². The molecule has 0 aromatic carbocycles. The third-order valence-electron chi connectivity index (χ3n) is 0.681. The zero-order chi connectivity index (χ0) is 7.28. The van der Waals surface area contributed by atoms with E-state index in [9.17, 15) is 4.79 Å². The molecule has 2 nitrogen and oxygen atoms in total. The third-order valence-corrected chi connectivity index (χ3v) is 1.09. The molecule has 9 heavy (non-hydrogen) atoms. The molecule has 0 aromatic heterocycles. The molecule has 0 aliphatic carbocycles. The summed E-state index contributed by atoms with van der Waals surface area (Å²) in [7, 11) is 0.666. The van der Waals surface area contributed by atoms with E-state index in [0.29, 0.717) is 15.4 Å². The summed E-state index contributed by atoms with van der Waals surface area (Å²) in [5, 5.41) is 0.553. The van der Waals surface area contributed by atoms with Crippen molar-refractivity contribution in [3.05, 3.63) is 24.4 Å². The Labute approximate surface area is 57.6 Å². The van der Waals surface area contributed by atoms with Gasteiger partial charge >= 0.3 is 5.97 Å². The molecule has 0 aromatic rings. The summed E-state index contributed by atoms with van der Waals surface area (Å²) in [6, 6.07) is 0. The Hall–Kier alpha value is -0.833. The van der Waals surface area contributed by atoms with Crippen LogP contribution in [0.2, 0.25) is 0 Å². The third kappa shape index (κ3) is 3.73. The van der Waals surface area contributed by atoms with Crippen LogP contribution >= 0.6 is 0 Å². The molecule has 0 fully saturated rings. The van der Waals surface area contributed by atoms with Gasteiger partial charge in [0.15, 0.2) is 0 Å². The summed E-state index contributed by atoms with van der Waals surface area (Å²) < 4.78 is 4.63. The summed E-state index contributed by atoms with van der Waals surface area (Å²) in [5.41, 5.74) is 0. The highest BCUT2D eigenvalue weighted by Gasteiger charge is 1.98. The number of hydrogen-bond acceptors (Lipinski definition) is 2. The monoisotopic (exact) mass is 142 g/mol. The van der Waals surface area contributed by atoms with E-state index in [0.717, 1.165) is 0 Å². The maximum absolute atomic E-state index is 10.6. The average Bonchev–Trinajstić information content (AvgIpc) is 1.82. The molecular formula is C6H10O2Si. The largest absolute Gasteiger partial charge is 0.458 e. The van der Waals surface area contributed by atoms with Gasteiger partial charge in [0, 0.05) is 15.4 Å². The van der Waals surface area contributed by atoms with Crippen LogP contribution in [-0.2, 0) is 9.53 Å². The van der Waals surface area contributed by atoms with Crippen molar-refractivity contribution in [1.82, 2.24) is 0 Å². The number of esters is 1. The Balaban J connectivity index is 3.51. The van der Waals surface area contributed by atoms with E-state index in [1.54, 1.807) is 0 Å². The molecule has 0 unspecified atom stereocenters. The van der Waals surface area contributed by atoms with Gasteiger partial charge in [-0.25, -0.2) is 4.79 Å². The summed E-state index contributed by atoms with van der Waals surface area (Å²) in [4.78, 5) is 10.6. The zero-order valence-corrected chi connectivity index (χ0v) is 7.52. The molecule has 3 heteroatoms. The molecule has 0 amide bonds. The van der Waals surface area contributed by atoms with Crippen molar-refractivity contribution in [2.24, 2.45) is 0 Å². The first-order valence-corrected chi connectivity index (χ1v) is 3.62. The Morgan fingerprint density at radius 3 is 2.67 bits per heavy atom. The maximum atomic E-state index is 10.6. The molecule has 0 bridgehead atoms. The van der Waals surface area contributed by atoms with Crippen LogP contribution < -0.4 is 0 Å². The molecule has 50 valence electrons. The average molecular weight is 142 g/mol. The normalized spacial score (nSPS) is 8.44. The molecule has 0 atom stereocenters. The topological polar surface area (TPSA) is 26.3 Å². The maximum Gasteiger partial charge on any atom is 0.328 e. The van der Waals surface area contributed by atoms with Crippen molar-refractivity contribution in [3.63, 3.8) is 0 Å². The van der Waals surface area contributed by atoms with Gasteiger partial charge in [0.25, 0.3) is 0 Å². The van der Waals surface area contributed by atoms with Gasteiger partial charge in [0.2, 0.25) is 0 Å². The van der Waals surface area contributed by atoms with Gasteiger partial charge in [-0.05, 0) is 0 Å². The summed E-state index contributed by atoms with van der Waals surface area (Å²) >= 11 is 0. The van der Waals surface area contributed by atoms with E-state index in [1.807, 2.05) is 0 Å². The van der Waals surface area contributed by atoms with Crippen molar-refractivity contribution < 1.29 is 9.53 Å². The van der Waals surface area contributed by atoms with Crippen molar-refractivity contribution in [3.8, 4) is 0 Å². The zero-order valence-electron chi connectivity index (χ0n) is 5.52.